The van der Waals surface area contributed by atoms with Gasteiger partial charge in [0.25, 0.3) is 0 Å². The number of aromatic amines is 1. The standard InChI is InChI=1S/C24H26N2O4.C4H8O2.BrH/c1-28-21-10-4-5-11-22(21)29-14-13-25-15-17(27)16-30-23-12-6-9-20-24(23)18-7-2-3-8-19(18)26-20;1-2-6-4-3-5-1;/h2-12,17,25-27H,13-16H2,1H3;1-4H2;1H. The summed E-state index contributed by atoms with van der Waals surface area (Å²) in [6.07, 6.45) is -0.628. The zero-order chi connectivity index (χ0) is 25.0. The van der Waals surface area contributed by atoms with Crippen molar-refractivity contribution in [1.82, 2.24) is 10.3 Å². The van der Waals surface area contributed by atoms with Gasteiger partial charge < -0.3 is 39.1 Å². The number of nitrogens with one attached hydrogen (secondary N) is 2. The van der Waals surface area contributed by atoms with Crippen LogP contribution >= 0.6 is 17.0 Å². The third-order valence-electron chi connectivity index (χ3n) is 5.65. The first-order chi connectivity index (χ1) is 17.8. The molecule has 1 aromatic heterocycles. The summed E-state index contributed by atoms with van der Waals surface area (Å²) < 4.78 is 26.8. The molecular weight excluding hydrogens is 540 g/mol. The maximum atomic E-state index is 10.3. The highest BCUT2D eigenvalue weighted by molar-refractivity contribution is 8.93. The number of fused-ring (bicyclic) bond motifs is 3. The van der Waals surface area contributed by atoms with Crippen LogP contribution < -0.4 is 19.5 Å². The Morgan fingerprint density at radius 3 is 2.22 bits per heavy atom. The van der Waals surface area contributed by atoms with Crippen LogP contribution in [-0.4, -0.2) is 76.0 Å². The summed E-state index contributed by atoms with van der Waals surface area (Å²) in [5.41, 5.74) is 2.09. The van der Waals surface area contributed by atoms with Crippen LogP contribution in [0.1, 0.15) is 0 Å². The van der Waals surface area contributed by atoms with E-state index >= 15 is 0 Å². The highest BCUT2D eigenvalue weighted by Crippen LogP contribution is 2.33. The summed E-state index contributed by atoms with van der Waals surface area (Å²) >= 11 is 0. The van der Waals surface area contributed by atoms with E-state index in [1.165, 1.54) is 0 Å². The van der Waals surface area contributed by atoms with Gasteiger partial charge in [-0.1, -0.05) is 36.4 Å². The lowest BCUT2D eigenvalue weighted by Gasteiger charge is -2.15. The van der Waals surface area contributed by atoms with Gasteiger partial charge in [0.1, 0.15) is 25.1 Å². The van der Waals surface area contributed by atoms with Gasteiger partial charge in [0.05, 0.1) is 39.1 Å². The molecule has 2 heterocycles. The molecule has 1 fully saturated rings. The summed E-state index contributed by atoms with van der Waals surface area (Å²) in [6.45, 7) is 4.81. The van der Waals surface area contributed by atoms with Crippen molar-refractivity contribution in [3.63, 3.8) is 0 Å². The number of H-pyrrole nitrogens is 1. The molecule has 5 rings (SSSR count). The maximum Gasteiger partial charge on any atom is 0.161 e. The minimum Gasteiger partial charge on any atom is -0.493 e. The average Bonchev–Trinajstić information content (AvgIpc) is 3.32. The molecule has 0 aliphatic carbocycles. The van der Waals surface area contributed by atoms with Crippen LogP contribution in [0.15, 0.2) is 66.7 Å². The first-order valence-electron chi connectivity index (χ1n) is 12.2. The van der Waals surface area contributed by atoms with E-state index in [9.17, 15) is 5.11 Å². The minimum absolute atomic E-state index is 0. The van der Waals surface area contributed by atoms with E-state index in [1.807, 2.05) is 60.7 Å². The van der Waals surface area contributed by atoms with Gasteiger partial charge in [-0.3, -0.25) is 0 Å². The SMILES string of the molecule is Br.C1COCCO1.COc1ccccc1OCCNCC(O)COc1cccc2[nH]c3ccccc3c12. The van der Waals surface area contributed by atoms with Crippen LogP contribution in [-0.2, 0) is 9.47 Å². The zero-order valence-corrected chi connectivity index (χ0v) is 22.7. The largest absolute Gasteiger partial charge is 0.493 e. The van der Waals surface area contributed by atoms with Crippen LogP contribution in [0.2, 0.25) is 0 Å². The van der Waals surface area contributed by atoms with Crippen molar-refractivity contribution in [2.75, 3.05) is 59.8 Å². The van der Waals surface area contributed by atoms with Gasteiger partial charge in [-0.05, 0) is 30.3 Å². The summed E-state index contributed by atoms with van der Waals surface area (Å²) in [5, 5.41) is 15.6. The van der Waals surface area contributed by atoms with E-state index < -0.39 is 6.10 Å². The van der Waals surface area contributed by atoms with E-state index in [1.54, 1.807) is 7.11 Å². The Bertz CT molecular complexity index is 1200. The topological polar surface area (TPSA) is 94.2 Å². The minimum atomic E-state index is -0.628. The number of aliphatic hydroxyl groups is 1. The monoisotopic (exact) mass is 574 g/mol. The van der Waals surface area contributed by atoms with Crippen molar-refractivity contribution in [2.45, 2.75) is 6.10 Å². The first kappa shape index (κ1) is 28.7. The van der Waals surface area contributed by atoms with Crippen molar-refractivity contribution in [2.24, 2.45) is 0 Å². The quantitative estimate of drug-likeness (QED) is 0.242. The zero-order valence-electron chi connectivity index (χ0n) is 21.0. The van der Waals surface area contributed by atoms with Crippen molar-refractivity contribution in [3.05, 3.63) is 66.7 Å². The fourth-order valence-electron chi connectivity index (χ4n) is 3.91. The number of benzene rings is 3. The summed E-state index contributed by atoms with van der Waals surface area (Å²) in [6, 6.07) is 21.6. The number of methoxy groups -OCH3 is 1. The molecule has 200 valence electrons. The molecule has 1 aliphatic heterocycles. The van der Waals surface area contributed by atoms with Crippen molar-refractivity contribution >= 4 is 38.8 Å². The molecule has 0 bridgehead atoms. The Balaban J connectivity index is 0.000000479. The summed E-state index contributed by atoms with van der Waals surface area (Å²) in [5.74, 6) is 2.18. The van der Waals surface area contributed by atoms with Gasteiger partial charge in [-0.2, -0.15) is 0 Å². The van der Waals surface area contributed by atoms with Gasteiger partial charge in [-0.15, -0.1) is 17.0 Å². The second-order valence-corrected chi connectivity index (χ2v) is 8.24. The molecular formula is C28H35BrN2O6. The highest BCUT2D eigenvalue weighted by Gasteiger charge is 2.11. The van der Waals surface area contributed by atoms with E-state index in [-0.39, 0.29) is 23.6 Å². The van der Waals surface area contributed by atoms with Crippen molar-refractivity contribution < 1.29 is 28.8 Å². The fraction of sp³-hybridized carbons (Fsp3) is 0.357. The number of aliphatic hydroxyl groups excluding tert-OH is 1. The van der Waals surface area contributed by atoms with E-state index in [2.05, 4.69) is 16.4 Å². The lowest BCUT2D eigenvalue weighted by atomic mass is 10.1. The molecule has 3 N–H and O–H groups in total. The van der Waals surface area contributed by atoms with Crippen molar-refractivity contribution in [3.8, 4) is 17.2 Å². The van der Waals surface area contributed by atoms with E-state index in [4.69, 9.17) is 23.7 Å². The molecule has 0 saturated carbocycles. The third-order valence-corrected chi connectivity index (χ3v) is 5.65. The predicted octanol–water partition coefficient (Wildman–Crippen LogP) is 4.35. The predicted molar refractivity (Wildman–Crippen MR) is 151 cm³/mol. The maximum absolute atomic E-state index is 10.3. The Hall–Kier alpha value is -2.82. The second kappa shape index (κ2) is 15.4. The van der Waals surface area contributed by atoms with Crippen LogP contribution in [0, 0.1) is 0 Å². The van der Waals surface area contributed by atoms with E-state index in [0.717, 1.165) is 54.0 Å². The highest BCUT2D eigenvalue weighted by atomic mass is 79.9. The Kier molecular flexibility index (Phi) is 12.0. The number of para-hydroxylation sites is 3. The Morgan fingerprint density at radius 1 is 0.838 bits per heavy atom. The molecule has 0 spiro atoms. The van der Waals surface area contributed by atoms with Crippen molar-refractivity contribution in [1.29, 1.82) is 0 Å². The molecule has 8 nitrogen and oxygen atoms in total. The Labute approximate surface area is 227 Å². The van der Waals surface area contributed by atoms with Gasteiger partial charge in [0, 0.05) is 29.4 Å². The number of halogens is 1. The average molecular weight is 576 g/mol. The lowest BCUT2D eigenvalue weighted by Crippen LogP contribution is -2.33. The number of aromatic nitrogens is 1. The number of hydrogen-bond acceptors (Lipinski definition) is 7. The summed E-state index contributed by atoms with van der Waals surface area (Å²) in [7, 11) is 1.62. The number of rotatable bonds is 10. The molecule has 37 heavy (non-hydrogen) atoms. The van der Waals surface area contributed by atoms with Crippen LogP contribution in [0.3, 0.4) is 0 Å². The number of ether oxygens (including phenoxy) is 5. The van der Waals surface area contributed by atoms with Gasteiger partial charge in [-0.25, -0.2) is 0 Å². The van der Waals surface area contributed by atoms with Crippen LogP contribution in [0.25, 0.3) is 21.8 Å². The molecule has 3 aromatic carbocycles. The summed E-state index contributed by atoms with van der Waals surface area (Å²) in [4.78, 5) is 3.40. The fourth-order valence-corrected chi connectivity index (χ4v) is 3.91. The molecule has 4 aromatic rings. The molecule has 0 amide bonds. The second-order valence-electron chi connectivity index (χ2n) is 8.24. The smallest absolute Gasteiger partial charge is 0.161 e. The van der Waals surface area contributed by atoms with E-state index in [0.29, 0.717) is 31.2 Å². The van der Waals surface area contributed by atoms with Gasteiger partial charge >= 0.3 is 0 Å². The molecule has 0 radical (unpaired) electrons. The molecule has 1 saturated heterocycles. The molecule has 1 atom stereocenters. The third kappa shape index (κ3) is 8.34. The van der Waals surface area contributed by atoms with Gasteiger partial charge in [0.2, 0.25) is 0 Å². The molecule has 1 unspecified atom stereocenters. The first-order valence-corrected chi connectivity index (χ1v) is 12.2. The molecule has 1 aliphatic rings. The molecule has 9 heteroatoms. The lowest BCUT2D eigenvalue weighted by molar-refractivity contribution is -0.0334. The van der Waals surface area contributed by atoms with Crippen LogP contribution in [0.4, 0.5) is 0 Å². The Morgan fingerprint density at radius 2 is 1.49 bits per heavy atom. The normalized spacial score (nSPS) is 13.8. The number of hydrogen-bond donors (Lipinski definition) is 3. The van der Waals surface area contributed by atoms with Gasteiger partial charge in [0.15, 0.2) is 11.5 Å². The van der Waals surface area contributed by atoms with Crippen LogP contribution in [0.5, 0.6) is 17.2 Å².